The van der Waals surface area contributed by atoms with Crippen LogP contribution in [-0.4, -0.2) is 119 Å². The first-order valence-corrected chi connectivity index (χ1v) is 26.3. The van der Waals surface area contributed by atoms with E-state index in [4.69, 9.17) is 24.2 Å². The number of fused-ring (bicyclic) bond motifs is 6. The fourth-order valence-electron chi connectivity index (χ4n) is 10.1. The number of aromatic nitrogens is 3. The van der Waals surface area contributed by atoms with E-state index in [-0.39, 0.29) is 48.1 Å². The highest BCUT2D eigenvalue weighted by Crippen LogP contribution is 2.42. The van der Waals surface area contributed by atoms with Gasteiger partial charge in [0.15, 0.2) is 0 Å². The van der Waals surface area contributed by atoms with Gasteiger partial charge in [-0.15, -0.1) is 11.3 Å². The number of carbonyl (C=O) groups excluding carboxylic acids is 3. The number of likely N-dealkylation sites (N-methyl/N-ethyl adjacent to an activating group) is 1. The first kappa shape index (κ1) is 47.9. The predicted molar refractivity (Wildman–Crippen MR) is 261 cm³/mol. The monoisotopic (exact) mass is 945 g/mol. The molecule has 3 aromatic heterocycles. The molecule has 5 aromatic rings. The number of nitrogens with zero attached hydrogens (tertiary/aromatic N) is 5. The Morgan fingerprint density at radius 1 is 1.14 bits per heavy atom. The molecule has 2 N–H and O–H groups in total. The van der Waals surface area contributed by atoms with Crippen LogP contribution in [0.2, 0.25) is 0 Å². The maximum absolute atomic E-state index is 14.9. The molecule has 2 saturated heterocycles. The van der Waals surface area contributed by atoms with E-state index in [0.717, 1.165) is 56.1 Å². The first-order chi connectivity index (χ1) is 31.6. The Balaban J connectivity index is 1.16. The lowest BCUT2D eigenvalue weighted by Gasteiger charge is -2.41. The maximum atomic E-state index is 14.9. The topological polar surface area (TPSA) is 140 Å². The number of amides is 2. The van der Waals surface area contributed by atoms with Crippen LogP contribution in [0, 0.1) is 11.3 Å². The summed E-state index contributed by atoms with van der Waals surface area (Å²) in [5.74, 6) is -0.546. The molecule has 16 heteroatoms. The quantitative estimate of drug-likeness (QED) is 0.101. The molecule has 0 unspecified atom stereocenters. The van der Waals surface area contributed by atoms with Gasteiger partial charge in [0, 0.05) is 84.3 Å². The van der Waals surface area contributed by atoms with Crippen molar-refractivity contribution in [3.63, 3.8) is 0 Å². The molecule has 0 spiro atoms. The van der Waals surface area contributed by atoms with Crippen molar-refractivity contribution in [3.8, 4) is 22.5 Å². The number of hydrazine groups is 1. The third-order valence-corrected chi connectivity index (χ3v) is 17.1. The van der Waals surface area contributed by atoms with Crippen molar-refractivity contribution in [3.05, 3.63) is 94.1 Å². The lowest BCUT2D eigenvalue weighted by molar-refractivity contribution is -0.154. The van der Waals surface area contributed by atoms with Crippen molar-refractivity contribution in [1.82, 2.24) is 34.9 Å². The summed E-state index contributed by atoms with van der Waals surface area (Å²) in [6, 6.07) is 20.7. The molecule has 2 amide bonds. The number of nitrogens with one attached hydrogen (secondary N) is 2. The molecule has 0 saturated carbocycles. The second-order valence-corrected chi connectivity index (χ2v) is 23.0. The minimum absolute atomic E-state index is 0.0620. The van der Waals surface area contributed by atoms with Gasteiger partial charge in [-0.25, -0.2) is 10.4 Å². The van der Waals surface area contributed by atoms with Gasteiger partial charge in [0.05, 0.1) is 57.2 Å². The van der Waals surface area contributed by atoms with E-state index in [1.165, 1.54) is 21.9 Å². The molecule has 66 heavy (non-hydrogen) atoms. The average Bonchev–Trinajstić information content (AvgIpc) is 4.05. The molecular weight excluding hydrogens is 883 g/mol. The van der Waals surface area contributed by atoms with Gasteiger partial charge in [-0.1, -0.05) is 64.1 Å². The molecular formula is C50H63N7O6SSi2. The van der Waals surface area contributed by atoms with Crippen LogP contribution in [-0.2, 0) is 42.8 Å². The van der Waals surface area contributed by atoms with Gasteiger partial charge in [-0.05, 0) is 87.9 Å². The molecule has 6 heterocycles. The summed E-state index contributed by atoms with van der Waals surface area (Å²) >= 11 is 1.49. The number of benzene rings is 2. The minimum Gasteiger partial charge on any atom is -0.464 e. The molecule has 8 rings (SSSR count). The minimum atomic E-state index is -2.39. The van der Waals surface area contributed by atoms with Crippen molar-refractivity contribution >= 4 is 58.8 Å². The summed E-state index contributed by atoms with van der Waals surface area (Å²) in [6.07, 6.45) is 3.95. The number of pyridine rings is 1. The van der Waals surface area contributed by atoms with Gasteiger partial charge < -0.3 is 23.8 Å². The van der Waals surface area contributed by atoms with E-state index in [1.54, 1.807) is 13.3 Å². The molecule has 4 radical (unpaired) electrons. The Hall–Kier alpha value is -4.56. The van der Waals surface area contributed by atoms with Gasteiger partial charge in [0.1, 0.15) is 5.16 Å². The van der Waals surface area contributed by atoms with E-state index in [9.17, 15) is 14.4 Å². The number of aryl methyl sites for hydroxylation is 1. The smallest absolute Gasteiger partial charge is 0.323 e. The SMILES string of the molecule is CCn1c(-c2cccnc2[C@H](C)OC)c2c3cc(ccc31)-c1csc(n1)C[Si](NC(=O)[C@H](C(C)C)N(C)C[C@@H]1OCC[C@@H]1c1ccccc1)C(=O)N1CCC[C@@]([Si])(N1)C(=O)OCC(C)(C)C2. The van der Waals surface area contributed by atoms with Crippen LogP contribution in [0.3, 0.4) is 0 Å². The first-order valence-electron chi connectivity index (χ1n) is 23.2. The van der Waals surface area contributed by atoms with E-state index in [2.05, 4.69) is 99.4 Å². The van der Waals surface area contributed by atoms with Crippen molar-refractivity contribution in [2.75, 3.05) is 40.5 Å². The Kier molecular flexibility index (Phi) is 14.5. The van der Waals surface area contributed by atoms with Crippen LogP contribution in [0.15, 0.2) is 72.2 Å². The van der Waals surface area contributed by atoms with Crippen LogP contribution in [0.4, 0.5) is 4.79 Å². The van der Waals surface area contributed by atoms with E-state index < -0.39 is 31.5 Å². The standard InChI is InChI=1S/C50H63N7O6SSi2/c1-9-56-40-19-18-34-25-37(40)38(45(56)36-17-13-22-51-43(36)32(4)61-8)26-49(5,6)30-63-47(59)50(65)21-14-23-57(54-50)48(60)66(29-42-52-39(34)28-64-42)53-46(58)44(31(2)3)55(7)27-41-35(20-24-62-41)33-15-11-10-12-16-33/h10-13,15-19,22,25,28,31-32,35,41,44,54H,9,14,20-21,23-24,26-27,29-30H2,1-8H3,(H,53,58)/t32-,35+,41-,44-,50-/m0/s1. The molecule has 0 aliphatic carbocycles. The number of cyclic esters (lactones) is 1. The lowest BCUT2D eigenvalue weighted by Crippen LogP contribution is -2.68. The summed E-state index contributed by atoms with van der Waals surface area (Å²) in [6.45, 7) is 14.9. The molecule has 2 fully saturated rings. The van der Waals surface area contributed by atoms with Crippen LogP contribution in [0.1, 0.15) is 94.7 Å². The van der Waals surface area contributed by atoms with Crippen LogP contribution < -0.4 is 10.4 Å². The normalized spacial score (nSPS) is 22.7. The van der Waals surface area contributed by atoms with Gasteiger partial charge in [0.25, 0.3) is 8.96 Å². The fraction of sp³-hybridized carbons (Fsp3) is 0.500. The Morgan fingerprint density at radius 3 is 2.67 bits per heavy atom. The molecule has 2 aromatic carbocycles. The zero-order valence-corrected chi connectivity index (χ0v) is 42.3. The highest BCUT2D eigenvalue weighted by Gasteiger charge is 2.44. The van der Waals surface area contributed by atoms with E-state index >= 15 is 0 Å². The van der Waals surface area contributed by atoms with Crippen molar-refractivity contribution < 1.29 is 28.6 Å². The number of hydrogen-bond acceptors (Lipinski definition) is 11. The molecule has 3 aliphatic heterocycles. The van der Waals surface area contributed by atoms with E-state index in [0.29, 0.717) is 45.5 Å². The second-order valence-electron chi connectivity index (χ2n) is 19.2. The van der Waals surface area contributed by atoms with Crippen LogP contribution in [0.5, 0.6) is 0 Å². The summed E-state index contributed by atoms with van der Waals surface area (Å²) in [5, 5.41) is 4.02. The highest BCUT2D eigenvalue weighted by molar-refractivity contribution is 7.10. The molecule has 5 atom stereocenters. The molecule has 6 bridgehead atoms. The van der Waals surface area contributed by atoms with Crippen molar-refractivity contribution in [2.24, 2.45) is 11.3 Å². The number of thiazole rings is 1. The van der Waals surface area contributed by atoms with Gasteiger partial charge in [-0.2, -0.15) is 0 Å². The zero-order valence-electron chi connectivity index (χ0n) is 39.5. The van der Waals surface area contributed by atoms with Gasteiger partial charge in [-0.3, -0.25) is 29.3 Å². The fourth-order valence-corrected chi connectivity index (χ4v) is 13.5. The number of hydrogen-bond donors (Lipinski definition) is 2. The van der Waals surface area contributed by atoms with Gasteiger partial charge in [0.2, 0.25) is 11.4 Å². The average molecular weight is 946 g/mol. The maximum Gasteiger partial charge on any atom is 0.323 e. The summed E-state index contributed by atoms with van der Waals surface area (Å²) in [5.41, 5.74) is 10.5. The number of rotatable bonds is 11. The van der Waals surface area contributed by atoms with Crippen molar-refractivity contribution in [1.29, 1.82) is 0 Å². The number of methoxy groups -OCH3 is 1. The van der Waals surface area contributed by atoms with Crippen LogP contribution in [0.25, 0.3) is 33.4 Å². The molecule has 13 nitrogen and oxygen atoms in total. The van der Waals surface area contributed by atoms with Crippen LogP contribution >= 0.6 is 11.3 Å². The zero-order chi connectivity index (χ0) is 46.9. The molecule has 348 valence electrons. The Bertz CT molecular complexity index is 2550. The highest BCUT2D eigenvalue weighted by atomic mass is 32.1. The Morgan fingerprint density at radius 2 is 1.92 bits per heavy atom. The Labute approximate surface area is 398 Å². The lowest BCUT2D eigenvalue weighted by atomic mass is 9.84. The number of esters is 1. The number of carbonyl (C=O) groups is 3. The van der Waals surface area contributed by atoms with E-state index in [1.807, 2.05) is 45.3 Å². The van der Waals surface area contributed by atoms with Crippen molar-refractivity contribution in [2.45, 2.75) is 109 Å². The summed E-state index contributed by atoms with van der Waals surface area (Å²) in [7, 11) is 5.05. The second kappa shape index (κ2) is 20.0. The number of ether oxygens (including phenoxy) is 3. The third-order valence-electron chi connectivity index (χ3n) is 13.4. The third kappa shape index (κ3) is 9.87. The summed E-state index contributed by atoms with van der Waals surface area (Å²) < 4.78 is 20.7. The predicted octanol–water partition coefficient (Wildman–Crippen LogP) is 7.57. The molecule has 3 aliphatic rings. The largest absolute Gasteiger partial charge is 0.464 e. The van der Waals surface area contributed by atoms with Gasteiger partial charge >= 0.3 is 5.97 Å². The summed E-state index contributed by atoms with van der Waals surface area (Å²) in [4.78, 5) is 59.1.